The van der Waals surface area contributed by atoms with E-state index in [-0.39, 0.29) is 18.4 Å². The zero-order valence-corrected chi connectivity index (χ0v) is 20.0. The zero-order valence-electron chi connectivity index (χ0n) is 19.1. The second-order valence-electron chi connectivity index (χ2n) is 8.29. The number of ether oxygens (including phenoxy) is 1. The van der Waals surface area contributed by atoms with Crippen LogP contribution >= 0.6 is 11.3 Å². The molecule has 0 fully saturated rings. The van der Waals surface area contributed by atoms with Gasteiger partial charge in [0.05, 0.1) is 5.56 Å². The van der Waals surface area contributed by atoms with Crippen molar-refractivity contribution in [1.82, 2.24) is 0 Å². The average molecular weight is 474 g/mol. The van der Waals surface area contributed by atoms with Crippen molar-refractivity contribution in [2.45, 2.75) is 45.4 Å². The number of hydrogen-bond acceptors (Lipinski definition) is 5. The van der Waals surface area contributed by atoms with Crippen LogP contribution in [-0.2, 0) is 24.1 Å². The lowest BCUT2D eigenvalue weighted by molar-refractivity contribution is -0.118. The van der Waals surface area contributed by atoms with Gasteiger partial charge in [0.1, 0.15) is 16.8 Å². The van der Waals surface area contributed by atoms with Crippen LogP contribution in [0.4, 0.5) is 10.7 Å². The largest absolute Gasteiger partial charge is 0.484 e. The van der Waals surface area contributed by atoms with Gasteiger partial charge in [-0.15, -0.1) is 11.3 Å². The molecule has 1 aromatic heterocycles. The standard InChI is InChI=1S/C27H27N3O3S/c1-2-3-5-18-8-12-20(13-9-18)29-26(32)19-10-14-21(15-11-19)33-17-25(31)30-27-23(16-28)22-6-4-7-24(22)34-27/h8-15H,2-7,17H2,1H3,(H,29,32)(H,30,31). The van der Waals surface area contributed by atoms with Crippen LogP contribution in [0.2, 0.25) is 0 Å². The van der Waals surface area contributed by atoms with Crippen molar-refractivity contribution < 1.29 is 14.3 Å². The second-order valence-corrected chi connectivity index (χ2v) is 9.39. The van der Waals surface area contributed by atoms with Crippen LogP contribution in [0.15, 0.2) is 48.5 Å². The number of carbonyl (C=O) groups excluding carboxylic acids is 2. The van der Waals surface area contributed by atoms with E-state index in [1.54, 1.807) is 24.3 Å². The first-order valence-electron chi connectivity index (χ1n) is 11.5. The van der Waals surface area contributed by atoms with Gasteiger partial charge in [0.15, 0.2) is 6.61 Å². The minimum absolute atomic E-state index is 0.177. The molecule has 0 unspecified atom stereocenters. The Morgan fingerprint density at radius 3 is 2.53 bits per heavy atom. The summed E-state index contributed by atoms with van der Waals surface area (Å²) in [5.74, 6) is -0.0397. The lowest BCUT2D eigenvalue weighted by Gasteiger charge is -2.09. The molecule has 0 bridgehead atoms. The number of nitriles is 1. The van der Waals surface area contributed by atoms with Crippen molar-refractivity contribution in [3.8, 4) is 11.8 Å². The van der Waals surface area contributed by atoms with Gasteiger partial charge in [0.25, 0.3) is 11.8 Å². The average Bonchev–Trinajstić information content (AvgIpc) is 3.43. The molecule has 2 aromatic carbocycles. The number of amides is 2. The van der Waals surface area contributed by atoms with E-state index in [1.807, 2.05) is 24.3 Å². The number of unbranched alkanes of at least 4 members (excludes halogenated alkanes) is 1. The molecule has 4 rings (SSSR count). The number of benzene rings is 2. The first-order valence-corrected chi connectivity index (χ1v) is 12.4. The summed E-state index contributed by atoms with van der Waals surface area (Å²) in [5.41, 5.74) is 4.16. The smallest absolute Gasteiger partial charge is 0.262 e. The summed E-state index contributed by atoms with van der Waals surface area (Å²) < 4.78 is 5.57. The lowest BCUT2D eigenvalue weighted by atomic mass is 10.1. The lowest BCUT2D eigenvalue weighted by Crippen LogP contribution is -2.20. The minimum atomic E-state index is -0.319. The van der Waals surface area contributed by atoms with Gasteiger partial charge in [-0.25, -0.2) is 0 Å². The maximum atomic E-state index is 12.5. The molecule has 0 saturated heterocycles. The van der Waals surface area contributed by atoms with Crippen LogP contribution < -0.4 is 15.4 Å². The monoisotopic (exact) mass is 473 g/mol. The Morgan fingerprint density at radius 2 is 1.82 bits per heavy atom. The third kappa shape index (κ3) is 5.64. The molecular weight excluding hydrogens is 446 g/mol. The Balaban J connectivity index is 1.28. The van der Waals surface area contributed by atoms with Gasteiger partial charge in [-0.1, -0.05) is 25.5 Å². The molecule has 2 N–H and O–H groups in total. The molecule has 1 aliphatic carbocycles. The fourth-order valence-corrected chi connectivity index (χ4v) is 5.22. The molecule has 0 aliphatic heterocycles. The highest BCUT2D eigenvalue weighted by Gasteiger charge is 2.23. The van der Waals surface area contributed by atoms with Gasteiger partial charge < -0.3 is 15.4 Å². The van der Waals surface area contributed by atoms with Crippen molar-refractivity contribution in [3.63, 3.8) is 0 Å². The maximum absolute atomic E-state index is 12.5. The Kier molecular flexibility index (Phi) is 7.61. The first-order chi connectivity index (χ1) is 16.6. The number of nitrogens with one attached hydrogen (secondary N) is 2. The molecule has 1 aliphatic rings. The van der Waals surface area contributed by atoms with Gasteiger partial charge in [-0.2, -0.15) is 5.26 Å². The Labute approximate surface area is 203 Å². The number of thiophene rings is 1. The summed E-state index contributed by atoms with van der Waals surface area (Å²) in [6, 6.07) is 16.8. The van der Waals surface area contributed by atoms with Gasteiger partial charge in [-0.05, 0) is 79.6 Å². The zero-order chi connectivity index (χ0) is 23.9. The molecule has 0 atom stereocenters. The van der Waals surface area contributed by atoms with Crippen molar-refractivity contribution >= 4 is 33.8 Å². The van der Waals surface area contributed by atoms with Crippen molar-refractivity contribution in [2.24, 2.45) is 0 Å². The van der Waals surface area contributed by atoms with E-state index in [4.69, 9.17) is 4.74 Å². The van der Waals surface area contributed by atoms with Gasteiger partial charge >= 0.3 is 0 Å². The third-order valence-corrected chi connectivity index (χ3v) is 7.01. The molecule has 2 amide bonds. The molecule has 7 heteroatoms. The quantitative estimate of drug-likeness (QED) is 0.416. The minimum Gasteiger partial charge on any atom is -0.484 e. The summed E-state index contributed by atoms with van der Waals surface area (Å²) in [6.45, 7) is 1.99. The number of fused-ring (bicyclic) bond motifs is 1. The number of hydrogen-bond donors (Lipinski definition) is 2. The number of nitrogens with zero attached hydrogens (tertiary/aromatic N) is 1. The fraction of sp³-hybridized carbons (Fsp3) is 0.296. The topological polar surface area (TPSA) is 91.2 Å². The van der Waals surface area contributed by atoms with Gasteiger partial charge in [0, 0.05) is 16.1 Å². The molecule has 0 spiro atoms. The third-order valence-electron chi connectivity index (χ3n) is 5.80. The van der Waals surface area contributed by atoms with Crippen molar-refractivity contribution in [2.75, 3.05) is 17.2 Å². The molecule has 3 aromatic rings. The van der Waals surface area contributed by atoms with E-state index in [9.17, 15) is 14.9 Å². The van der Waals surface area contributed by atoms with E-state index in [0.717, 1.165) is 49.8 Å². The van der Waals surface area contributed by atoms with Crippen LogP contribution in [0.5, 0.6) is 5.75 Å². The van der Waals surface area contributed by atoms with Crippen LogP contribution in [0, 0.1) is 11.3 Å². The second kappa shape index (κ2) is 11.0. The highest BCUT2D eigenvalue weighted by atomic mass is 32.1. The van der Waals surface area contributed by atoms with E-state index in [2.05, 4.69) is 23.6 Å². The summed E-state index contributed by atoms with van der Waals surface area (Å²) in [5, 5.41) is 15.7. The van der Waals surface area contributed by atoms with Crippen molar-refractivity contribution in [1.29, 1.82) is 5.26 Å². The van der Waals surface area contributed by atoms with Gasteiger partial charge in [-0.3, -0.25) is 9.59 Å². The normalized spacial score (nSPS) is 12.0. The highest BCUT2D eigenvalue weighted by Crippen LogP contribution is 2.38. The summed E-state index contributed by atoms with van der Waals surface area (Å²) in [6.07, 6.45) is 6.27. The number of aryl methyl sites for hydroxylation is 2. The van der Waals surface area contributed by atoms with E-state index in [0.29, 0.717) is 21.9 Å². The SMILES string of the molecule is CCCCc1ccc(NC(=O)c2ccc(OCC(=O)Nc3sc4c(c3C#N)CCC4)cc2)cc1. The molecule has 174 valence electrons. The molecule has 6 nitrogen and oxygen atoms in total. The van der Waals surface area contributed by atoms with E-state index < -0.39 is 0 Å². The highest BCUT2D eigenvalue weighted by molar-refractivity contribution is 7.16. The predicted molar refractivity (Wildman–Crippen MR) is 135 cm³/mol. The fourth-order valence-electron chi connectivity index (χ4n) is 3.96. The molecule has 0 radical (unpaired) electrons. The molecular formula is C27H27N3O3S. The van der Waals surface area contributed by atoms with Crippen LogP contribution in [0.3, 0.4) is 0 Å². The Morgan fingerprint density at radius 1 is 1.06 bits per heavy atom. The Bertz CT molecular complexity index is 1210. The summed E-state index contributed by atoms with van der Waals surface area (Å²) in [7, 11) is 0. The van der Waals surface area contributed by atoms with Crippen LogP contribution in [0.25, 0.3) is 0 Å². The number of anilines is 2. The molecule has 0 saturated carbocycles. The number of rotatable bonds is 9. The molecule has 34 heavy (non-hydrogen) atoms. The first kappa shape index (κ1) is 23.5. The summed E-state index contributed by atoms with van der Waals surface area (Å²) >= 11 is 1.48. The summed E-state index contributed by atoms with van der Waals surface area (Å²) in [4.78, 5) is 26.1. The maximum Gasteiger partial charge on any atom is 0.262 e. The van der Waals surface area contributed by atoms with Crippen LogP contribution in [0.1, 0.15) is 58.1 Å². The van der Waals surface area contributed by atoms with Crippen LogP contribution in [-0.4, -0.2) is 18.4 Å². The predicted octanol–water partition coefficient (Wildman–Crippen LogP) is 5.72. The van der Waals surface area contributed by atoms with E-state index in [1.165, 1.54) is 21.8 Å². The van der Waals surface area contributed by atoms with Gasteiger partial charge in [0.2, 0.25) is 0 Å². The molecule has 1 heterocycles. The van der Waals surface area contributed by atoms with Crippen molar-refractivity contribution in [3.05, 3.63) is 75.7 Å². The number of carbonyl (C=O) groups is 2. The van der Waals surface area contributed by atoms with E-state index >= 15 is 0 Å². The Hall–Kier alpha value is -3.63.